The molecule has 0 saturated carbocycles. The molecule has 3 fully saturated rings. The number of aliphatic hydroxyl groups is 1. The molecule has 0 radical (unpaired) electrons. The summed E-state index contributed by atoms with van der Waals surface area (Å²) in [5.74, 6) is -1.78. The van der Waals surface area contributed by atoms with Crippen LogP contribution in [0, 0.1) is 0 Å². The lowest BCUT2D eigenvalue weighted by atomic mass is 10.0. The zero-order valence-corrected chi connectivity index (χ0v) is 48.6. The van der Waals surface area contributed by atoms with Crippen LogP contribution >= 0.6 is 34.8 Å². The van der Waals surface area contributed by atoms with E-state index in [1.165, 1.54) is 0 Å². The van der Waals surface area contributed by atoms with E-state index >= 15 is 0 Å². The van der Waals surface area contributed by atoms with Crippen LogP contribution in [0.5, 0.6) is 0 Å². The second-order valence-electron chi connectivity index (χ2n) is 19.8. The number of halogens is 3. The number of nitrogens with zero attached hydrogens (tertiary/aromatic N) is 7. The average Bonchev–Trinajstić information content (AvgIpc) is 4.22. The number of hydrogen-bond donors (Lipinski definition) is 5. The van der Waals surface area contributed by atoms with Crippen molar-refractivity contribution in [2.24, 2.45) is 0 Å². The number of ketones is 1. The highest BCUT2D eigenvalue weighted by Gasteiger charge is 2.25. The van der Waals surface area contributed by atoms with Gasteiger partial charge in [-0.2, -0.15) is 15.4 Å². The first-order chi connectivity index (χ1) is 41.2. The molecule has 4 heterocycles. The van der Waals surface area contributed by atoms with Crippen molar-refractivity contribution in [1.29, 1.82) is 0 Å². The van der Waals surface area contributed by atoms with E-state index < -0.39 is 11.9 Å². The Morgan fingerprint density at radius 1 is 0.447 bits per heavy atom. The summed E-state index contributed by atoms with van der Waals surface area (Å²) in [5.41, 5.74) is 9.16. The van der Waals surface area contributed by atoms with Crippen LogP contribution in [0.3, 0.4) is 0 Å². The molecule has 11 rings (SSSR count). The number of anilines is 3. The number of aromatic carboxylic acids is 2. The zero-order valence-electron chi connectivity index (χ0n) is 46.4. The third-order valence-corrected chi connectivity index (χ3v) is 14.8. The maximum Gasteiger partial charge on any atom is 0.410 e. The SMILES string of the molecule is O=C(Cc1ccc2n[nH]nc2c1)c1cccc(N2CCN(C(=O)OCc3ccc(Cl)cc3)CC2)c1.O=C(O)c1cccc(N2CCN(C(=O)OCc3ccc(Cl)cc3)CC2)c1.O=C(O)c1cccc(N2CCNCC2)c1.OCc1ccc(Cl)cc1. The third-order valence-electron chi connectivity index (χ3n) is 14.0. The number of rotatable bonds is 13. The number of carbonyl (C=O) groups excluding carboxylic acids is 3. The van der Waals surface area contributed by atoms with Gasteiger partial charge < -0.3 is 54.6 Å². The van der Waals surface area contributed by atoms with Gasteiger partial charge in [0.1, 0.15) is 24.2 Å². The first-order valence-corrected chi connectivity index (χ1v) is 28.5. The Morgan fingerprint density at radius 2 is 0.835 bits per heavy atom. The standard InChI is InChI=1S/C26H24ClN5O3.C19H19ClN2O4.C11H14N2O2.C7H7ClO/c27-21-7-4-18(5-8-21)17-35-26(34)32-12-10-31(11-13-32)22-3-1-2-20(16-22)25(33)15-19-6-9-23-24(14-19)29-30-28-23;20-16-6-4-14(5-7-16)13-26-19(25)22-10-8-21(9-11-22)17-3-1-2-15(12-17)18(23)24;14-11(15)9-2-1-3-10(8-9)13-6-4-12-5-7-13;8-7-3-1-6(5-9)2-4-7/h1-9,14,16H,10-13,15,17H2,(H,28,29,30);1-7,12H,8-11,13H2,(H,23,24);1-3,8,12H,4-7H2,(H,14,15);1-4,9H,5H2. The molecule has 3 aliphatic rings. The monoisotopic (exact) mass is 1210 g/mol. The molecule has 0 bridgehead atoms. The number of fused-ring (bicyclic) bond motifs is 1. The number of amides is 2. The summed E-state index contributed by atoms with van der Waals surface area (Å²) in [7, 11) is 0. The van der Waals surface area contributed by atoms with Gasteiger partial charge in [-0.05, 0) is 119 Å². The van der Waals surface area contributed by atoms with E-state index in [0.717, 1.165) is 76.5 Å². The van der Waals surface area contributed by atoms with Crippen molar-refractivity contribution in [2.75, 3.05) is 93.2 Å². The van der Waals surface area contributed by atoms with Gasteiger partial charge in [0.05, 0.1) is 17.7 Å². The van der Waals surface area contributed by atoms with Crippen molar-refractivity contribution in [3.8, 4) is 0 Å². The predicted molar refractivity (Wildman–Crippen MR) is 328 cm³/mol. The summed E-state index contributed by atoms with van der Waals surface area (Å²) in [5, 5.41) is 42.5. The van der Waals surface area contributed by atoms with Crippen LogP contribution in [0.2, 0.25) is 15.1 Å². The lowest BCUT2D eigenvalue weighted by molar-refractivity contribution is 0.0686. The lowest BCUT2D eigenvalue weighted by Crippen LogP contribution is -2.49. The fourth-order valence-corrected chi connectivity index (χ4v) is 9.65. The number of piperazine rings is 3. The van der Waals surface area contributed by atoms with Gasteiger partial charge in [0.25, 0.3) is 0 Å². The lowest BCUT2D eigenvalue weighted by Gasteiger charge is -2.35. The van der Waals surface area contributed by atoms with Gasteiger partial charge in [0, 0.05) is 123 Å². The molecule has 0 aliphatic carbocycles. The zero-order chi connectivity index (χ0) is 60.1. The Balaban J connectivity index is 0.000000164. The summed E-state index contributed by atoms with van der Waals surface area (Å²) in [6.07, 6.45) is -0.383. The van der Waals surface area contributed by atoms with Crippen LogP contribution in [0.15, 0.2) is 164 Å². The highest BCUT2D eigenvalue weighted by molar-refractivity contribution is 6.31. The van der Waals surface area contributed by atoms with Crippen molar-refractivity contribution < 1.29 is 48.8 Å². The first kappa shape index (κ1) is 62.3. The van der Waals surface area contributed by atoms with Crippen molar-refractivity contribution in [3.63, 3.8) is 0 Å². The average molecular weight is 1210 g/mol. The van der Waals surface area contributed by atoms with E-state index in [0.29, 0.717) is 85.0 Å². The summed E-state index contributed by atoms with van der Waals surface area (Å²) in [4.78, 5) is 69.3. The molecule has 442 valence electrons. The number of carboxylic acids is 2. The minimum absolute atomic E-state index is 0.0408. The molecule has 0 atom stereocenters. The minimum atomic E-state index is -0.948. The highest BCUT2D eigenvalue weighted by atomic mass is 35.5. The Hall–Kier alpha value is -8.72. The fourth-order valence-electron chi connectivity index (χ4n) is 9.27. The number of hydrogen-bond acceptors (Lipinski definition) is 14. The van der Waals surface area contributed by atoms with Crippen LogP contribution in [0.4, 0.5) is 26.7 Å². The summed E-state index contributed by atoms with van der Waals surface area (Å²) in [6, 6.07) is 48.7. The topological polar surface area (TPSA) is 234 Å². The molecule has 5 N–H and O–H groups in total. The number of ether oxygens (including phenoxy) is 2. The van der Waals surface area contributed by atoms with Crippen LogP contribution < -0.4 is 20.0 Å². The molecule has 3 saturated heterocycles. The number of nitrogens with one attached hydrogen (secondary N) is 2. The predicted octanol–water partition coefficient (Wildman–Crippen LogP) is 10.6. The van der Waals surface area contributed by atoms with Gasteiger partial charge in [-0.1, -0.05) is 102 Å². The van der Waals surface area contributed by atoms with Crippen LogP contribution in [0.25, 0.3) is 11.0 Å². The second-order valence-corrected chi connectivity index (χ2v) is 21.1. The van der Waals surface area contributed by atoms with Crippen LogP contribution in [0.1, 0.15) is 53.3 Å². The Labute approximate surface area is 506 Å². The molecule has 3 aliphatic heterocycles. The Kier molecular flexibility index (Phi) is 22.9. The molecule has 8 aromatic rings. The number of H-pyrrole nitrogens is 1. The Morgan fingerprint density at radius 3 is 1.27 bits per heavy atom. The van der Waals surface area contributed by atoms with Gasteiger partial charge in [-0.15, -0.1) is 0 Å². The van der Waals surface area contributed by atoms with Crippen molar-refractivity contribution in [2.45, 2.75) is 26.2 Å². The quantitative estimate of drug-likeness (QED) is 0.0675. The molecule has 22 heteroatoms. The van der Waals surface area contributed by atoms with E-state index in [1.54, 1.807) is 94.7 Å². The second kappa shape index (κ2) is 31.3. The molecule has 0 spiro atoms. The number of carbonyl (C=O) groups is 5. The largest absolute Gasteiger partial charge is 0.478 e. The molecular weight excluding hydrogens is 1150 g/mol. The summed E-state index contributed by atoms with van der Waals surface area (Å²) < 4.78 is 10.8. The number of benzene rings is 7. The normalized spacial score (nSPS) is 13.9. The number of aromatic nitrogens is 3. The number of aromatic amines is 1. The van der Waals surface area contributed by atoms with Gasteiger partial charge in [0.15, 0.2) is 5.78 Å². The third kappa shape index (κ3) is 18.9. The Bertz CT molecular complexity index is 3500. The fraction of sp³-hybridized carbons (Fsp3) is 0.254. The summed E-state index contributed by atoms with van der Waals surface area (Å²) in [6.45, 7) is 9.00. The molecule has 7 aromatic carbocycles. The number of aliphatic hydroxyl groups excluding tert-OH is 1. The summed E-state index contributed by atoms with van der Waals surface area (Å²) >= 11 is 17.3. The van der Waals surface area contributed by atoms with Crippen molar-refractivity contribution in [1.82, 2.24) is 30.5 Å². The number of carboxylic acid groups (broad SMARTS) is 2. The van der Waals surface area contributed by atoms with E-state index in [4.69, 9.17) is 59.6 Å². The molecular formula is C63H64Cl3N9O10. The molecule has 2 amide bonds. The molecule has 1 aromatic heterocycles. The maximum absolute atomic E-state index is 12.9. The molecule has 19 nitrogen and oxygen atoms in total. The van der Waals surface area contributed by atoms with Crippen molar-refractivity contribution in [3.05, 3.63) is 218 Å². The van der Waals surface area contributed by atoms with E-state index in [2.05, 4.69) is 35.4 Å². The van der Waals surface area contributed by atoms with E-state index in [1.807, 2.05) is 78.9 Å². The van der Waals surface area contributed by atoms with Crippen LogP contribution in [-0.4, -0.2) is 149 Å². The number of Topliss-reactive ketones (excluding diaryl/α,β-unsaturated/α-hetero) is 1. The van der Waals surface area contributed by atoms with E-state index in [-0.39, 0.29) is 43.4 Å². The molecule has 85 heavy (non-hydrogen) atoms. The van der Waals surface area contributed by atoms with Gasteiger partial charge >= 0.3 is 24.1 Å². The molecule has 0 unspecified atom stereocenters. The van der Waals surface area contributed by atoms with Gasteiger partial charge in [-0.25, -0.2) is 19.2 Å². The minimum Gasteiger partial charge on any atom is -0.478 e. The first-order valence-electron chi connectivity index (χ1n) is 27.4. The van der Waals surface area contributed by atoms with Crippen molar-refractivity contribution >= 4 is 92.8 Å². The van der Waals surface area contributed by atoms with Crippen LogP contribution in [-0.2, 0) is 35.7 Å². The smallest absolute Gasteiger partial charge is 0.410 e. The van der Waals surface area contributed by atoms with E-state index in [9.17, 15) is 24.0 Å². The van der Waals surface area contributed by atoms with Gasteiger partial charge in [0.2, 0.25) is 0 Å². The highest BCUT2D eigenvalue weighted by Crippen LogP contribution is 2.23. The van der Waals surface area contributed by atoms with Gasteiger partial charge in [-0.3, -0.25) is 4.79 Å². The maximum atomic E-state index is 12.9.